The number of hydrogen-bond acceptors (Lipinski definition) is 5. The molecule has 1 aliphatic rings. The summed E-state index contributed by atoms with van der Waals surface area (Å²) in [6, 6.07) is 14.7. The van der Waals surface area contributed by atoms with Crippen LogP contribution in [0.15, 0.2) is 59.7 Å². The number of aromatic nitrogens is 2. The number of amides is 1. The number of fused-ring (bicyclic) bond motifs is 1. The van der Waals surface area contributed by atoms with Crippen LogP contribution in [0.4, 0.5) is 0 Å². The van der Waals surface area contributed by atoms with E-state index in [2.05, 4.69) is 4.98 Å². The molecule has 1 amide bonds. The molecule has 7 heteroatoms. The molecule has 2 heterocycles. The second-order valence-electron chi connectivity index (χ2n) is 7.79. The summed E-state index contributed by atoms with van der Waals surface area (Å²) in [6.07, 6.45) is 2.56. The molecule has 1 aromatic heterocycles. The van der Waals surface area contributed by atoms with Gasteiger partial charge in [-0.25, -0.2) is 4.98 Å². The Morgan fingerprint density at radius 3 is 2.60 bits per heavy atom. The number of ether oxygens (including phenoxy) is 1. The molecule has 0 radical (unpaired) electrons. The maximum atomic E-state index is 12.7. The Hall–Kier alpha value is -3.19. The van der Waals surface area contributed by atoms with Crippen LogP contribution in [0.2, 0.25) is 0 Å². The van der Waals surface area contributed by atoms with E-state index in [9.17, 15) is 14.7 Å². The van der Waals surface area contributed by atoms with E-state index < -0.39 is 5.60 Å². The van der Waals surface area contributed by atoms with Crippen LogP contribution < -0.4 is 10.3 Å². The molecule has 1 N–H and O–H groups in total. The largest absolute Gasteiger partial charge is 0.496 e. The number of hydrogen-bond donors (Lipinski definition) is 1. The third-order valence-corrected chi connectivity index (χ3v) is 5.78. The van der Waals surface area contributed by atoms with Crippen LogP contribution in [0.25, 0.3) is 10.9 Å². The molecule has 2 aromatic carbocycles. The lowest BCUT2D eigenvalue weighted by Gasteiger charge is -2.38. The van der Waals surface area contributed by atoms with Gasteiger partial charge in [0.25, 0.3) is 5.56 Å². The van der Waals surface area contributed by atoms with Gasteiger partial charge >= 0.3 is 0 Å². The number of rotatable bonds is 5. The summed E-state index contributed by atoms with van der Waals surface area (Å²) in [7, 11) is 1.59. The number of aliphatic hydroxyl groups is 1. The van der Waals surface area contributed by atoms with E-state index >= 15 is 0 Å². The van der Waals surface area contributed by atoms with Crippen molar-refractivity contribution in [2.75, 3.05) is 20.2 Å². The first-order valence-electron chi connectivity index (χ1n) is 10.1. The molecule has 4 rings (SSSR count). The topological polar surface area (TPSA) is 84.7 Å². The van der Waals surface area contributed by atoms with Gasteiger partial charge in [-0.15, -0.1) is 0 Å². The lowest BCUT2D eigenvalue weighted by molar-refractivity contribution is -0.135. The highest BCUT2D eigenvalue weighted by atomic mass is 16.5. The number of carbonyl (C=O) groups excluding carboxylic acids is 1. The van der Waals surface area contributed by atoms with E-state index in [4.69, 9.17) is 4.74 Å². The molecule has 0 spiro atoms. The molecule has 0 atom stereocenters. The van der Waals surface area contributed by atoms with Crippen LogP contribution in [-0.2, 0) is 17.8 Å². The van der Waals surface area contributed by atoms with E-state index in [1.807, 2.05) is 30.3 Å². The van der Waals surface area contributed by atoms with Gasteiger partial charge in [-0.3, -0.25) is 14.2 Å². The second-order valence-corrected chi connectivity index (χ2v) is 7.79. The minimum atomic E-state index is -1.05. The van der Waals surface area contributed by atoms with Gasteiger partial charge in [-0.05, 0) is 31.0 Å². The molecule has 1 saturated heterocycles. The smallest absolute Gasteiger partial charge is 0.261 e. The zero-order chi connectivity index (χ0) is 21.1. The van der Waals surface area contributed by atoms with E-state index in [0.717, 1.165) is 5.56 Å². The first-order valence-corrected chi connectivity index (χ1v) is 10.1. The van der Waals surface area contributed by atoms with Gasteiger partial charge < -0.3 is 14.7 Å². The molecule has 1 fully saturated rings. The molecule has 3 aromatic rings. The molecular formula is C23H25N3O4. The van der Waals surface area contributed by atoms with Crippen LogP contribution in [0.3, 0.4) is 0 Å². The summed E-state index contributed by atoms with van der Waals surface area (Å²) < 4.78 is 6.79. The molecule has 30 heavy (non-hydrogen) atoms. The van der Waals surface area contributed by atoms with Gasteiger partial charge in [-0.1, -0.05) is 30.3 Å². The highest BCUT2D eigenvalue weighted by Gasteiger charge is 2.34. The van der Waals surface area contributed by atoms with Gasteiger partial charge in [0, 0.05) is 18.7 Å². The third kappa shape index (κ3) is 4.07. The highest BCUT2D eigenvalue weighted by Crippen LogP contribution is 2.25. The SMILES string of the molecule is COc1ccccc1CC(=O)N1CCC(O)(Cn2cnc3ccccc3c2=O)CC1. The van der Waals surface area contributed by atoms with Crippen molar-refractivity contribution in [3.63, 3.8) is 0 Å². The average molecular weight is 407 g/mol. The normalized spacial score (nSPS) is 15.9. The summed E-state index contributed by atoms with van der Waals surface area (Å²) in [4.78, 5) is 31.5. The van der Waals surface area contributed by atoms with Gasteiger partial charge in [0.15, 0.2) is 0 Å². The fourth-order valence-corrected chi connectivity index (χ4v) is 3.99. The summed E-state index contributed by atoms with van der Waals surface area (Å²) in [5.74, 6) is 0.702. The molecular weight excluding hydrogens is 382 g/mol. The van der Waals surface area contributed by atoms with Crippen molar-refractivity contribution in [3.8, 4) is 5.75 Å². The number of likely N-dealkylation sites (tertiary alicyclic amines) is 1. The van der Waals surface area contributed by atoms with Crippen molar-refractivity contribution < 1.29 is 14.6 Å². The predicted octanol–water partition coefficient (Wildman–Crippen LogP) is 2.00. The maximum absolute atomic E-state index is 12.7. The van der Waals surface area contributed by atoms with E-state index in [1.165, 1.54) is 10.9 Å². The summed E-state index contributed by atoms with van der Waals surface area (Å²) >= 11 is 0. The minimum Gasteiger partial charge on any atom is -0.496 e. The monoisotopic (exact) mass is 407 g/mol. The summed E-state index contributed by atoms with van der Waals surface area (Å²) in [5, 5.41) is 11.6. The summed E-state index contributed by atoms with van der Waals surface area (Å²) in [5.41, 5.74) is 0.278. The second kappa shape index (κ2) is 8.28. The Morgan fingerprint density at radius 1 is 1.13 bits per heavy atom. The van der Waals surface area contributed by atoms with Crippen molar-refractivity contribution in [3.05, 3.63) is 70.8 Å². The third-order valence-electron chi connectivity index (χ3n) is 5.78. The Labute approximate surface area is 174 Å². The standard InChI is InChI=1S/C23H25N3O4/c1-30-20-9-5-2-6-17(20)14-21(27)25-12-10-23(29,11-13-25)15-26-16-24-19-8-4-3-7-18(19)22(26)28/h2-9,16,29H,10-15H2,1H3. The Balaban J connectivity index is 1.42. The Kier molecular flexibility index (Phi) is 5.55. The van der Waals surface area contributed by atoms with Crippen molar-refractivity contribution in [2.24, 2.45) is 0 Å². The van der Waals surface area contributed by atoms with Crippen LogP contribution >= 0.6 is 0 Å². The number of benzene rings is 2. The minimum absolute atomic E-state index is 0.00564. The zero-order valence-electron chi connectivity index (χ0n) is 17.0. The average Bonchev–Trinajstić information content (AvgIpc) is 2.76. The summed E-state index contributed by atoms with van der Waals surface area (Å²) in [6.45, 7) is 1.05. The number of methoxy groups -OCH3 is 1. The first-order chi connectivity index (χ1) is 14.5. The molecule has 0 unspecified atom stereocenters. The van der Waals surface area contributed by atoms with E-state index in [-0.39, 0.29) is 24.4 Å². The molecule has 0 aliphatic carbocycles. The Bertz CT molecular complexity index is 1120. The zero-order valence-corrected chi connectivity index (χ0v) is 17.0. The fourth-order valence-electron chi connectivity index (χ4n) is 3.99. The predicted molar refractivity (Wildman–Crippen MR) is 113 cm³/mol. The van der Waals surface area contributed by atoms with E-state index in [1.54, 1.807) is 30.2 Å². The number of carbonyl (C=O) groups is 1. The number of nitrogens with zero attached hydrogens (tertiary/aromatic N) is 3. The maximum Gasteiger partial charge on any atom is 0.261 e. The molecule has 1 aliphatic heterocycles. The number of piperidine rings is 1. The van der Waals surface area contributed by atoms with Crippen molar-refractivity contribution >= 4 is 16.8 Å². The Morgan fingerprint density at radius 2 is 1.83 bits per heavy atom. The fraction of sp³-hybridized carbons (Fsp3) is 0.348. The molecule has 0 saturated carbocycles. The van der Waals surface area contributed by atoms with Crippen molar-refractivity contribution in [1.29, 1.82) is 0 Å². The molecule has 156 valence electrons. The molecule has 0 bridgehead atoms. The first kappa shape index (κ1) is 20.1. The number of para-hydroxylation sites is 2. The quantitative estimate of drug-likeness (QED) is 0.699. The van der Waals surface area contributed by atoms with Crippen LogP contribution in [-0.4, -0.2) is 51.3 Å². The lowest BCUT2D eigenvalue weighted by Crippen LogP contribution is -2.50. The van der Waals surface area contributed by atoms with Crippen molar-refractivity contribution in [1.82, 2.24) is 14.5 Å². The van der Waals surface area contributed by atoms with Crippen LogP contribution in [0.5, 0.6) is 5.75 Å². The lowest BCUT2D eigenvalue weighted by atomic mass is 9.91. The van der Waals surface area contributed by atoms with Gasteiger partial charge in [0.1, 0.15) is 5.75 Å². The van der Waals surface area contributed by atoms with Gasteiger partial charge in [0.2, 0.25) is 5.91 Å². The highest BCUT2D eigenvalue weighted by molar-refractivity contribution is 5.79. The van der Waals surface area contributed by atoms with Crippen LogP contribution in [0, 0.1) is 0 Å². The van der Waals surface area contributed by atoms with Crippen LogP contribution in [0.1, 0.15) is 18.4 Å². The van der Waals surface area contributed by atoms with Gasteiger partial charge in [-0.2, -0.15) is 0 Å². The molecule has 7 nitrogen and oxygen atoms in total. The van der Waals surface area contributed by atoms with E-state index in [0.29, 0.717) is 42.6 Å². The van der Waals surface area contributed by atoms with Gasteiger partial charge in [0.05, 0.1) is 42.9 Å². The van der Waals surface area contributed by atoms with Crippen molar-refractivity contribution in [2.45, 2.75) is 31.4 Å².